The number of benzene rings is 1. The van der Waals surface area contributed by atoms with E-state index in [2.05, 4.69) is 6.58 Å². The number of fused-ring (bicyclic) bond motifs is 1. The van der Waals surface area contributed by atoms with Crippen molar-refractivity contribution in [1.29, 1.82) is 0 Å². The number of ether oxygens (including phenoxy) is 1. The minimum absolute atomic E-state index is 0.228. The van der Waals surface area contributed by atoms with Gasteiger partial charge in [-0.25, -0.2) is 0 Å². The van der Waals surface area contributed by atoms with E-state index in [-0.39, 0.29) is 19.1 Å². The summed E-state index contributed by atoms with van der Waals surface area (Å²) in [5.41, 5.74) is 1.35. The van der Waals surface area contributed by atoms with Gasteiger partial charge in [0.1, 0.15) is 11.6 Å². The highest BCUT2D eigenvalue weighted by Crippen LogP contribution is 2.59. The molecule has 178 valence electrons. The number of hydrogen-bond acceptors (Lipinski definition) is 5. The van der Waals surface area contributed by atoms with Crippen LogP contribution in [0.4, 0.5) is 5.69 Å². The second-order valence-corrected chi connectivity index (χ2v) is 9.36. The van der Waals surface area contributed by atoms with Gasteiger partial charge in [0.05, 0.1) is 30.6 Å². The van der Waals surface area contributed by atoms with Gasteiger partial charge in [0.15, 0.2) is 0 Å². The van der Waals surface area contributed by atoms with Gasteiger partial charge in [-0.1, -0.05) is 31.2 Å². The number of aliphatic carboxylic acids is 1. The topological polar surface area (TPSA) is 107 Å². The van der Waals surface area contributed by atoms with Gasteiger partial charge in [-0.2, -0.15) is 0 Å². The highest BCUT2D eigenvalue weighted by molar-refractivity contribution is 6.05. The molecule has 2 bridgehead atoms. The molecule has 8 nitrogen and oxygen atoms in total. The molecule has 1 aromatic carbocycles. The van der Waals surface area contributed by atoms with Gasteiger partial charge < -0.3 is 24.7 Å². The highest BCUT2D eigenvalue weighted by Gasteiger charge is 2.75. The molecule has 3 heterocycles. The smallest absolute Gasteiger partial charge is 0.310 e. The number of carboxylic acid groups (broad SMARTS) is 1. The van der Waals surface area contributed by atoms with E-state index in [0.29, 0.717) is 19.3 Å². The van der Waals surface area contributed by atoms with E-state index in [1.165, 1.54) is 4.90 Å². The van der Waals surface area contributed by atoms with Gasteiger partial charge in [0, 0.05) is 12.2 Å². The van der Waals surface area contributed by atoms with Gasteiger partial charge in [0.25, 0.3) is 5.91 Å². The van der Waals surface area contributed by atoms with Crippen LogP contribution in [-0.4, -0.2) is 69.8 Å². The Bertz CT molecular complexity index is 969. The summed E-state index contributed by atoms with van der Waals surface area (Å²) in [4.78, 5) is 43.2. The number of amides is 2. The maximum Gasteiger partial charge on any atom is 0.310 e. The number of nitrogens with zero attached hydrogens (tertiary/aromatic N) is 2. The molecular weight excluding hydrogens is 424 g/mol. The minimum Gasteiger partial charge on any atom is -0.481 e. The summed E-state index contributed by atoms with van der Waals surface area (Å²) in [5.74, 6) is -3.75. The molecule has 0 aliphatic carbocycles. The van der Waals surface area contributed by atoms with Crippen LogP contribution < -0.4 is 4.90 Å². The Morgan fingerprint density at radius 3 is 2.58 bits per heavy atom. The van der Waals surface area contributed by atoms with Crippen LogP contribution in [0, 0.1) is 25.7 Å². The Labute approximate surface area is 193 Å². The molecular formula is C25H32N2O6. The van der Waals surface area contributed by atoms with E-state index in [1.807, 2.05) is 39.0 Å². The Kier molecular flexibility index (Phi) is 6.09. The first-order valence-corrected chi connectivity index (χ1v) is 11.6. The number of carbonyl (C=O) groups excluding carboxylic acids is 2. The van der Waals surface area contributed by atoms with Crippen LogP contribution in [0.15, 0.2) is 30.9 Å². The average molecular weight is 457 g/mol. The van der Waals surface area contributed by atoms with E-state index in [1.54, 1.807) is 11.0 Å². The van der Waals surface area contributed by atoms with Gasteiger partial charge >= 0.3 is 5.97 Å². The monoisotopic (exact) mass is 456 g/mol. The van der Waals surface area contributed by atoms with Crippen molar-refractivity contribution in [3.05, 3.63) is 42.0 Å². The molecule has 2 unspecified atom stereocenters. The Hall–Kier alpha value is -2.71. The molecule has 4 rings (SSSR count). The van der Waals surface area contributed by atoms with Crippen molar-refractivity contribution >= 4 is 23.5 Å². The molecule has 8 heteroatoms. The summed E-state index contributed by atoms with van der Waals surface area (Å²) in [5, 5.41) is 20.0. The number of anilines is 1. The number of aryl methyl sites for hydroxylation is 2. The lowest BCUT2D eigenvalue weighted by Crippen LogP contribution is -2.59. The molecule has 3 fully saturated rings. The van der Waals surface area contributed by atoms with Crippen molar-refractivity contribution in [3.63, 3.8) is 0 Å². The Morgan fingerprint density at radius 1 is 1.36 bits per heavy atom. The summed E-state index contributed by atoms with van der Waals surface area (Å²) in [6.07, 6.45) is 2.40. The van der Waals surface area contributed by atoms with E-state index < -0.39 is 47.5 Å². The third-order valence-electron chi connectivity index (χ3n) is 7.62. The number of carbonyl (C=O) groups is 3. The van der Waals surface area contributed by atoms with Gasteiger partial charge in [-0.3, -0.25) is 14.4 Å². The Morgan fingerprint density at radius 2 is 2.03 bits per heavy atom. The third-order valence-corrected chi connectivity index (χ3v) is 7.62. The number of likely N-dealkylation sites (tertiary alicyclic amines) is 1. The normalized spacial score (nSPS) is 30.9. The molecule has 1 aromatic rings. The van der Waals surface area contributed by atoms with Crippen molar-refractivity contribution in [2.45, 2.75) is 63.8 Å². The molecule has 3 aliphatic rings. The predicted octanol–water partition coefficient (Wildman–Crippen LogP) is 2.05. The summed E-state index contributed by atoms with van der Waals surface area (Å²) in [6, 6.07) is 4.14. The first-order valence-electron chi connectivity index (χ1n) is 11.6. The third kappa shape index (κ3) is 3.30. The van der Waals surface area contributed by atoms with Crippen molar-refractivity contribution in [2.24, 2.45) is 11.8 Å². The van der Waals surface area contributed by atoms with Gasteiger partial charge in [-0.15, -0.1) is 6.58 Å². The zero-order valence-electron chi connectivity index (χ0n) is 19.4. The van der Waals surface area contributed by atoms with Crippen LogP contribution in [0.2, 0.25) is 0 Å². The van der Waals surface area contributed by atoms with Crippen molar-refractivity contribution < 1.29 is 29.3 Å². The fraction of sp³-hybridized carbons (Fsp3) is 0.560. The molecule has 0 saturated carbocycles. The maximum absolute atomic E-state index is 14.3. The predicted molar refractivity (Wildman–Crippen MR) is 122 cm³/mol. The van der Waals surface area contributed by atoms with Crippen LogP contribution in [0.3, 0.4) is 0 Å². The molecule has 3 saturated heterocycles. The molecule has 1 spiro atoms. The summed E-state index contributed by atoms with van der Waals surface area (Å²) in [7, 11) is 0. The van der Waals surface area contributed by atoms with Crippen LogP contribution in [-0.2, 0) is 19.1 Å². The number of rotatable bonds is 8. The van der Waals surface area contributed by atoms with Crippen molar-refractivity contribution in [3.8, 4) is 0 Å². The molecule has 0 radical (unpaired) electrons. The molecule has 3 aliphatic heterocycles. The molecule has 2 N–H and O–H groups in total. The first-order chi connectivity index (χ1) is 15.7. The molecule has 33 heavy (non-hydrogen) atoms. The molecule has 2 amide bonds. The quantitative estimate of drug-likeness (QED) is 0.580. The van der Waals surface area contributed by atoms with E-state index in [9.17, 15) is 24.6 Å². The van der Waals surface area contributed by atoms with E-state index >= 15 is 0 Å². The maximum atomic E-state index is 14.3. The number of aliphatic hydroxyl groups is 1. The fourth-order valence-electron chi connectivity index (χ4n) is 6.26. The highest BCUT2D eigenvalue weighted by atomic mass is 16.5. The zero-order valence-corrected chi connectivity index (χ0v) is 19.4. The van der Waals surface area contributed by atoms with Crippen molar-refractivity contribution in [2.75, 3.05) is 18.1 Å². The molecule has 0 aromatic heterocycles. The lowest BCUT2D eigenvalue weighted by atomic mass is 9.70. The van der Waals surface area contributed by atoms with E-state index in [0.717, 1.165) is 16.8 Å². The standard InChI is InChI=1S/C25H32N2O6/c1-5-12-26(20-14(3)8-7-9-15(20)4)23(30)21-25-11-10-17(33-25)18(24(31)32)19(25)22(29)27(21)16(6-2)13-28/h5,7-9,16-19,21,28H,1,6,10-13H2,2-4H3,(H,31,32)/t16-,17-,18+,19-,21?,25?/m0/s1. The van der Waals surface area contributed by atoms with E-state index in [4.69, 9.17) is 4.74 Å². The SMILES string of the molecule is C=CCN(C(=O)C1N([C@@H](CC)CO)C(=O)[C@@H]2[C@H](C(=O)O)[C@@H]3CCC12O3)c1c(C)cccc1C. The minimum atomic E-state index is -1.21. The lowest BCUT2D eigenvalue weighted by molar-refractivity contribution is -0.151. The summed E-state index contributed by atoms with van der Waals surface area (Å²) in [6.45, 7) is 9.41. The van der Waals surface area contributed by atoms with Crippen LogP contribution in [0.1, 0.15) is 37.3 Å². The summed E-state index contributed by atoms with van der Waals surface area (Å²) >= 11 is 0. The van der Waals surface area contributed by atoms with Gasteiger partial charge in [0.2, 0.25) is 5.91 Å². The summed E-state index contributed by atoms with van der Waals surface area (Å²) < 4.78 is 6.26. The number of aliphatic hydroxyl groups excluding tert-OH is 1. The van der Waals surface area contributed by atoms with Crippen LogP contribution in [0.25, 0.3) is 0 Å². The largest absolute Gasteiger partial charge is 0.481 e. The number of carboxylic acids is 1. The van der Waals surface area contributed by atoms with Gasteiger partial charge in [-0.05, 0) is 44.2 Å². The second-order valence-electron chi connectivity index (χ2n) is 9.36. The fourth-order valence-corrected chi connectivity index (χ4v) is 6.26. The first kappa shape index (κ1) is 23.4. The lowest BCUT2D eigenvalue weighted by Gasteiger charge is -2.39. The number of hydrogen-bond donors (Lipinski definition) is 2. The zero-order chi connectivity index (χ0) is 24.1. The average Bonchev–Trinajstić information content (AvgIpc) is 3.41. The number of para-hydroxylation sites is 1. The van der Waals surface area contributed by atoms with Crippen molar-refractivity contribution in [1.82, 2.24) is 4.90 Å². The Balaban J connectivity index is 1.86. The molecule has 6 atom stereocenters. The second kappa shape index (κ2) is 8.57. The van der Waals surface area contributed by atoms with Crippen LogP contribution in [0.5, 0.6) is 0 Å². The van der Waals surface area contributed by atoms with Crippen LogP contribution >= 0.6 is 0 Å².